The van der Waals surface area contributed by atoms with E-state index in [0.717, 1.165) is 0 Å². The summed E-state index contributed by atoms with van der Waals surface area (Å²) in [6.45, 7) is -3.02. The minimum atomic E-state index is -3.02. The molecule has 7 heteroatoms. The van der Waals surface area contributed by atoms with E-state index in [-0.39, 0.29) is 17.1 Å². The highest BCUT2D eigenvalue weighted by Gasteiger charge is 2.13. The summed E-state index contributed by atoms with van der Waals surface area (Å²) in [5, 5.41) is 11.8. The molecule has 0 bridgehead atoms. The van der Waals surface area contributed by atoms with Gasteiger partial charge in [0, 0.05) is 5.69 Å². The zero-order valence-corrected chi connectivity index (χ0v) is 13.2. The Hall–Kier alpha value is -3.40. The van der Waals surface area contributed by atoms with E-state index in [1.807, 2.05) is 0 Å². The van der Waals surface area contributed by atoms with E-state index in [2.05, 4.69) is 10.1 Å². The summed E-state index contributed by atoms with van der Waals surface area (Å²) in [4.78, 5) is 12.2. The van der Waals surface area contributed by atoms with Gasteiger partial charge in [0.2, 0.25) is 0 Å². The van der Waals surface area contributed by atoms with Crippen LogP contribution in [0, 0.1) is 11.3 Å². The van der Waals surface area contributed by atoms with Crippen molar-refractivity contribution in [3.63, 3.8) is 0 Å². The molecule has 0 atom stereocenters. The van der Waals surface area contributed by atoms with E-state index in [1.54, 1.807) is 36.4 Å². The van der Waals surface area contributed by atoms with E-state index >= 15 is 0 Å². The van der Waals surface area contributed by atoms with Gasteiger partial charge < -0.3 is 14.8 Å². The van der Waals surface area contributed by atoms with Gasteiger partial charge in [-0.05, 0) is 35.9 Å². The summed E-state index contributed by atoms with van der Waals surface area (Å²) in [7, 11) is 1.32. The SMILES string of the molecule is COc1ccc(/C=C(\C#N)C(=O)Nc2ccccc2)cc1OC(F)F. The van der Waals surface area contributed by atoms with E-state index in [1.165, 1.54) is 31.4 Å². The third-order valence-electron chi connectivity index (χ3n) is 3.11. The number of alkyl halides is 2. The maximum Gasteiger partial charge on any atom is 0.387 e. The first-order valence-corrected chi connectivity index (χ1v) is 7.14. The van der Waals surface area contributed by atoms with Crippen LogP contribution in [-0.2, 0) is 4.79 Å². The van der Waals surface area contributed by atoms with Crippen molar-refractivity contribution in [3.05, 3.63) is 59.7 Å². The Bertz CT molecular complexity index is 815. The molecule has 0 aromatic heterocycles. The normalized spacial score (nSPS) is 10.9. The van der Waals surface area contributed by atoms with Gasteiger partial charge in [0.05, 0.1) is 7.11 Å². The first-order chi connectivity index (χ1) is 12.0. The predicted octanol–water partition coefficient (Wildman–Crippen LogP) is 3.84. The summed E-state index contributed by atoms with van der Waals surface area (Å²) in [6.07, 6.45) is 1.27. The lowest BCUT2D eigenvalue weighted by Gasteiger charge is -2.10. The number of anilines is 1. The van der Waals surface area contributed by atoms with Crippen LogP contribution in [0.2, 0.25) is 0 Å². The second-order valence-electron chi connectivity index (χ2n) is 4.78. The monoisotopic (exact) mass is 344 g/mol. The van der Waals surface area contributed by atoms with Crippen LogP contribution in [0.3, 0.4) is 0 Å². The smallest absolute Gasteiger partial charge is 0.387 e. The zero-order chi connectivity index (χ0) is 18.2. The number of hydrogen-bond donors (Lipinski definition) is 1. The standard InChI is InChI=1S/C18H14F2N2O3/c1-24-15-8-7-12(10-16(15)25-18(19)20)9-13(11-21)17(23)22-14-5-3-2-4-6-14/h2-10,18H,1H3,(H,22,23)/b13-9+. The Morgan fingerprint density at radius 3 is 2.52 bits per heavy atom. The van der Waals surface area contributed by atoms with E-state index < -0.39 is 12.5 Å². The highest BCUT2D eigenvalue weighted by atomic mass is 19.3. The summed E-state index contributed by atoms with van der Waals surface area (Å²) in [5.41, 5.74) is 0.693. The second-order valence-corrected chi connectivity index (χ2v) is 4.78. The number of carbonyl (C=O) groups is 1. The third-order valence-corrected chi connectivity index (χ3v) is 3.11. The van der Waals surface area contributed by atoms with Crippen LogP contribution in [0.5, 0.6) is 11.5 Å². The fraction of sp³-hybridized carbons (Fsp3) is 0.111. The molecule has 1 amide bonds. The molecule has 2 aromatic rings. The van der Waals surface area contributed by atoms with Gasteiger partial charge in [0.15, 0.2) is 11.5 Å². The Balaban J connectivity index is 2.26. The lowest BCUT2D eigenvalue weighted by molar-refractivity contribution is -0.112. The maximum absolute atomic E-state index is 12.5. The lowest BCUT2D eigenvalue weighted by Crippen LogP contribution is -2.13. The molecule has 0 aliphatic rings. The number of hydrogen-bond acceptors (Lipinski definition) is 4. The van der Waals surface area contributed by atoms with Crippen molar-refractivity contribution in [3.8, 4) is 17.6 Å². The first kappa shape index (κ1) is 17.9. The number of ether oxygens (including phenoxy) is 2. The number of nitrogens with one attached hydrogen (secondary N) is 1. The molecule has 25 heavy (non-hydrogen) atoms. The molecular weight excluding hydrogens is 330 g/mol. The van der Waals surface area contributed by atoms with Crippen LogP contribution < -0.4 is 14.8 Å². The number of halogens is 2. The molecule has 2 rings (SSSR count). The van der Waals surface area contributed by atoms with Crippen molar-refractivity contribution in [2.75, 3.05) is 12.4 Å². The van der Waals surface area contributed by atoms with Gasteiger partial charge in [-0.1, -0.05) is 24.3 Å². The van der Waals surface area contributed by atoms with Gasteiger partial charge in [-0.25, -0.2) is 0 Å². The number of carbonyl (C=O) groups excluding carboxylic acids is 1. The highest BCUT2D eigenvalue weighted by Crippen LogP contribution is 2.30. The molecule has 0 aliphatic carbocycles. The number of rotatable bonds is 6. The van der Waals surface area contributed by atoms with Crippen molar-refractivity contribution in [1.82, 2.24) is 0 Å². The van der Waals surface area contributed by atoms with Gasteiger partial charge in [-0.2, -0.15) is 14.0 Å². The summed E-state index contributed by atoms with van der Waals surface area (Å²) < 4.78 is 34.2. The van der Waals surface area contributed by atoms with Crippen molar-refractivity contribution < 1.29 is 23.0 Å². The number of nitriles is 1. The molecule has 0 spiro atoms. The van der Waals surface area contributed by atoms with Crippen LogP contribution in [0.4, 0.5) is 14.5 Å². The van der Waals surface area contributed by atoms with E-state index in [4.69, 9.17) is 4.74 Å². The van der Waals surface area contributed by atoms with Crippen molar-refractivity contribution in [2.45, 2.75) is 6.61 Å². The molecule has 0 saturated heterocycles. The molecule has 0 saturated carbocycles. The topological polar surface area (TPSA) is 71.3 Å². The number of nitrogens with zero attached hydrogens (tertiary/aromatic N) is 1. The molecule has 0 aliphatic heterocycles. The second kappa shape index (κ2) is 8.45. The van der Waals surface area contributed by atoms with Gasteiger partial charge >= 0.3 is 6.61 Å². The van der Waals surface area contributed by atoms with E-state index in [0.29, 0.717) is 11.3 Å². The molecule has 0 fully saturated rings. The zero-order valence-electron chi connectivity index (χ0n) is 13.2. The maximum atomic E-state index is 12.5. The van der Waals surface area contributed by atoms with Crippen LogP contribution in [0.25, 0.3) is 6.08 Å². The Morgan fingerprint density at radius 1 is 1.20 bits per heavy atom. The van der Waals surface area contributed by atoms with Crippen LogP contribution in [0.1, 0.15) is 5.56 Å². The van der Waals surface area contributed by atoms with Crippen LogP contribution in [-0.4, -0.2) is 19.6 Å². The lowest BCUT2D eigenvalue weighted by atomic mass is 10.1. The molecule has 0 radical (unpaired) electrons. The number of methoxy groups -OCH3 is 1. The van der Waals surface area contributed by atoms with Gasteiger partial charge in [-0.15, -0.1) is 0 Å². The minimum absolute atomic E-state index is 0.115. The van der Waals surface area contributed by atoms with Gasteiger partial charge in [-0.3, -0.25) is 4.79 Å². The number of para-hydroxylation sites is 1. The van der Waals surface area contributed by atoms with Gasteiger partial charge in [0.1, 0.15) is 11.6 Å². The highest BCUT2D eigenvalue weighted by molar-refractivity contribution is 6.09. The van der Waals surface area contributed by atoms with Gasteiger partial charge in [0.25, 0.3) is 5.91 Å². The average Bonchev–Trinajstić information content (AvgIpc) is 2.60. The van der Waals surface area contributed by atoms with Crippen molar-refractivity contribution in [2.24, 2.45) is 0 Å². The first-order valence-electron chi connectivity index (χ1n) is 7.14. The molecule has 128 valence electrons. The summed E-state index contributed by atoms with van der Waals surface area (Å²) in [5.74, 6) is -0.683. The average molecular weight is 344 g/mol. The number of amides is 1. The summed E-state index contributed by atoms with van der Waals surface area (Å²) in [6, 6.07) is 14.6. The Labute approximate surface area is 143 Å². The molecule has 1 N–H and O–H groups in total. The Morgan fingerprint density at radius 2 is 1.92 bits per heavy atom. The quantitative estimate of drug-likeness (QED) is 0.638. The largest absolute Gasteiger partial charge is 0.493 e. The predicted molar refractivity (Wildman–Crippen MR) is 88.3 cm³/mol. The minimum Gasteiger partial charge on any atom is -0.493 e. The molecule has 0 heterocycles. The fourth-order valence-electron chi connectivity index (χ4n) is 2.01. The summed E-state index contributed by atoms with van der Waals surface area (Å²) >= 11 is 0. The van der Waals surface area contributed by atoms with Crippen molar-refractivity contribution in [1.29, 1.82) is 5.26 Å². The van der Waals surface area contributed by atoms with E-state index in [9.17, 15) is 18.8 Å². The molecular formula is C18H14F2N2O3. The number of benzene rings is 2. The molecule has 2 aromatic carbocycles. The van der Waals surface area contributed by atoms with Crippen LogP contribution in [0.15, 0.2) is 54.1 Å². The molecule has 0 unspecified atom stereocenters. The molecule has 5 nitrogen and oxygen atoms in total. The third kappa shape index (κ3) is 5.04. The fourth-order valence-corrected chi connectivity index (χ4v) is 2.01. The Kier molecular flexibility index (Phi) is 6.07. The van der Waals surface area contributed by atoms with Crippen molar-refractivity contribution >= 4 is 17.7 Å². The van der Waals surface area contributed by atoms with Crippen LogP contribution >= 0.6 is 0 Å².